The van der Waals surface area contributed by atoms with Crippen LogP contribution in [0.25, 0.3) is 0 Å². The van der Waals surface area contributed by atoms with Crippen molar-refractivity contribution in [3.63, 3.8) is 0 Å². The summed E-state index contributed by atoms with van der Waals surface area (Å²) in [5.41, 5.74) is 0.953. The number of nitro groups is 1. The van der Waals surface area contributed by atoms with E-state index < -0.39 is 23.4 Å². The van der Waals surface area contributed by atoms with E-state index in [1.54, 1.807) is 0 Å². The van der Waals surface area contributed by atoms with Crippen LogP contribution in [0.3, 0.4) is 0 Å². The molecule has 9 nitrogen and oxygen atoms in total. The fraction of sp³-hybridized carbons (Fsp3) is 0.300. The number of carbonyl (C=O) groups excluding carboxylic acids is 2. The van der Waals surface area contributed by atoms with Crippen LogP contribution >= 0.6 is 0 Å². The molecule has 1 N–H and O–H groups in total. The van der Waals surface area contributed by atoms with Gasteiger partial charge in [0.25, 0.3) is 11.6 Å². The average molecular weight is 402 g/mol. The first-order valence-corrected chi connectivity index (χ1v) is 8.93. The number of hydrogen-bond acceptors (Lipinski definition) is 7. The lowest BCUT2D eigenvalue weighted by Gasteiger charge is -2.11. The number of anilines is 1. The molecule has 0 aliphatic carbocycles. The minimum absolute atomic E-state index is 0.0955. The van der Waals surface area contributed by atoms with Crippen molar-refractivity contribution in [2.75, 3.05) is 25.6 Å². The maximum absolute atomic E-state index is 12.0. The Labute approximate surface area is 167 Å². The molecule has 2 aromatic carbocycles. The Morgan fingerprint density at radius 2 is 1.90 bits per heavy atom. The fourth-order valence-corrected chi connectivity index (χ4v) is 2.54. The number of nitrogens with zero attached hydrogens (tertiary/aromatic N) is 1. The van der Waals surface area contributed by atoms with Gasteiger partial charge in [0.15, 0.2) is 6.61 Å². The van der Waals surface area contributed by atoms with Crippen molar-refractivity contribution < 1.29 is 28.7 Å². The first-order valence-electron chi connectivity index (χ1n) is 8.93. The third kappa shape index (κ3) is 6.49. The molecule has 9 heteroatoms. The Kier molecular flexibility index (Phi) is 7.96. The Bertz CT molecular complexity index is 883. The van der Waals surface area contributed by atoms with Gasteiger partial charge in [-0.3, -0.25) is 19.7 Å². The van der Waals surface area contributed by atoms with Crippen molar-refractivity contribution >= 4 is 23.3 Å². The van der Waals surface area contributed by atoms with Gasteiger partial charge in [-0.15, -0.1) is 0 Å². The van der Waals surface area contributed by atoms with Gasteiger partial charge in [0.05, 0.1) is 30.4 Å². The molecule has 0 atom stereocenters. The van der Waals surface area contributed by atoms with Crippen molar-refractivity contribution in [3.8, 4) is 11.5 Å². The van der Waals surface area contributed by atoms with Crippen LogP contribution in [0.15, 0.2) is 42.5 Å². The van der Waals surface area contributed by atoms with Crippen molar-refractivity contribution in [3.05, 3.63) is 58.1 Å². The molecule has 2 rings (SSSR count). The Morgan fingerprint density at radius 3 is 2.59 bits per heavy atom. The summed E-state index contributed by atoms with van der Waals surface area (Å²) in [6.07, 6.45) is 0.519. The molecular formula is C20H22N2O7. The first-order chi connectivity index (χ1) is 13.9. The Morgan fingerprint density at radius 1 is 1.14 bits per heavy atom. The molecule has 0 saturated carbocycles. The number of para-hydroxylation sites is 1. The highest BCUT2D eigenvalue weighted by atomic mass is 16.6. The van der Waals surface area contributed by atoms with E-state index in [1.165, 1.54) is 25.3 Å². The molecule has 0 unspecified atom stereocenters. The van der Waals surface area contributed by atoms with Gasteiger partial charge < -0.3 is 19.5 Å². The van der Waals surface area contributed by atoms with Gasteiger partial charge in [0.1, 0.15) is 11.5 Å². The minimum atomic E-state index is -0.583. The van der Waals surface area contributed by atoms with Crippen LogP contribution in [-0.2, 0) is 20.7 Å². The maximum Gasteiger partial charge on any atom is 0.306 e. The van der Waals surface area contributed by atoms with Crippen LogP contribution in [0.4, 0.5) is 11.4 Å². The van der Waals surface area contributed by atoms with E-state index in [4.69, 9.17) is 14.2 Å². The number of rotatable bonds is 10. The van der Waals surface area contributed by atoms with Gasteiger partial charge in [-0.2, -0.15) is 0 Å². The van der Waals surface area contributed by atoms with Crippen LogP contribution in [-0.4, -0.2) is 37.1 Å². The fourth-order valence-electron chi connectivity index (χ4n) is 2.54. The van der Waals surface area contributed by atoms with Crippen molar-refractivity contribution in [1.29, 1.82) is 0 Å². The smallest absolute Gasteiger partial charge is 0.306 e. The summed E-state index contributed by atoms with van der Waals surface area (Å²) < 4.78 is 15.5. The quantitative estimate of drug-likeness (QED) is 0.369. The summed E-state index contributed by atoms with van der Waals surface area (Å²) in [5.74, 6) is -0.264. The van der Waals surface area contributed by atoms with E-state index in [9.17, 15) is 19.7 Å². The van der Waals surface area contributed by atoms with Gasteiger partial charge in [0.2, 0.25) is 0 Å². The number of ether oxygens (including phenoxy) is 3. The summed E-state index contributed by atoms with van der Waals surface area (Å²) in [6.45, 7) is 1.92. The summed E-state index contributed by atoms with van der Waals surface area (Å²) in [6, 6.07) is 11.2. The lowest BCUT2D eigenvalue weighted by Crippen LogP contribution is -2.21. The van der Waals surface area contributed by atoms with Gasteiger partial charge in [0, 0.05) is 12.5 Å². The predicted octanol–water partition coefficient (Wildman–Crippen LogP) is 3.12. The number of nitro benzene ring substituents is 1. The molecule has 154 valence electrons. The lowest BCUT2D eigenvalue weighted by molar-refractivity contribution is -0.384. The molecule has 29 heavy (non-hydrogen) atoms. The molecule has 0 radical (unpaired) electrons. The molecule has 0 aliphatic heterocycles. The summed E-state index contributed by atoms with van der Waals surface area (Å²) in [4.78, 5) is 34.2. The molecule has 1 amide bonds. The minimum Gasteiger partial charge on any atom is -0.494 e. The second kappa shape index (κ2) is 10.6. The zero-order chi connectivity index (χ0) is 21.2. The molecule has 0 saturated heterocycles. The number of hydrogen-bond donors (Lipinski definition) is 1. The van der Waals surface area contributed by atoms with Crippen LogP contribution in [0.2, 0.25) is 0 Å². The van der Waals surface area contributed by atoms with Gasteiger partial charge in [-0.05, 0) is 31.0 Å². The summed E-state index contributed by atoms with van der Waals surface area (Å²) >= 11 is 0. The standard InChI is InChI=1S/C20H22N2O7/c1-3-28-17-7-5-4-6-14(17)8-11-20(24)29-13-19(23)21-16-10-9-15(22(25)26)12-18(16)27-2/h4-7,9-10,12H,3,8,11,13H2,1-2H3,(H,21,23). The van der Waals surface area contributed by atoms with E-state index in [-0.39, 0.29) is 23.5 Å². The van der Waals surface area contributed by atoms with Crippen molar-refractivity contribution in [2.45, 2.75) is 19.8 Å². The molecule has 2 aromatic rings. The highest BCUT2D eigenvalue weighted by Crippen LogP contribution is 2.28. The number of aryl methyl sites for hydroxylation is 1. The number of nitrogens with one attached hydrogen (secondary N) is 1. The average Bonchev–Trinajstić information content (AvgIpc) is 2.72. The number of benzene rings is 2. The third-order valence-corrected chi connectivity index (χ3v) is 3.91. The van der Waals surface area contributed by atoms with Crippen molar-refractivity contribution in [2.24, 2.45) is 0 Å². The van der Waals surface area contributed by atoms with Crippen molar-refractivity contribution in [1.82, 2.24) is 0 Å². The molecule has 0 fully saturated rings. The van der Waals surface area contributed by atoms with E-state index in [2.05, 4.69) is 5.32 Å². The normalized spacial score (nSPS) is 10.1. The number of methoxy groups -OCH3 is 1. The number of esters is 1. The molecule has 0 spiro atoms. The third-order valence-electron chi connectivity index (χ3n) is 3.91. The molecule has 0 aliphatic rings. The summed E-state index contributed by atoms with van der Waals surface area (Å²) in [7, 11) is 1.33. The topological polar surface area (TPSA) is 117 Å². The predicted molar refractivity (Wildman–Crippen MR) is 105 cm³/mol. The van der Waals surface area contributed by atoms with Crippen LogP contribution in [0.5, 0.6) is 11.5 Å². The summed E-state index contributed by atoms with van der Waals surface area (Å²) in [5, 5.41) is 13.3. The zero-order valence-corrected chi connectivity index (χ0v) is 16.2. The molecular weight excluding hydrogens is 380 g/mol. The zero-order valence-electron chi connectivity index (χ0n) is 16.2. The SMILES string of the molecule is CCOc1ccccc1CCC(=O)OCC(=O)Nc1ccc([N+](=O)[O-])cc1OC. The molecule has 0 aromatic heterocycles. The Balaban J connectivity index is 1.85. The van der Waals surface area contributed by atoms with Crippen LogP contribution < -0.4 is 14.8 Å². The molecule has 0 heterocycles. The Hall–Kier alpha value is -3.62. The van der Waals surface area contributed by atoms with E-state index >= 15 is 0 Å². The highest BCUT2D eigenvalue weighted by Gasteiger charge is 2.15. The van der Waals surface area contributed by atoms with Gasteiger partial charge in [-0.25, -0.2) is 0 Å². The van der Waals surface area contributed by atoms with E-state index in [0.717, 1.165) is 5.56 Å². The largest absolute Gasteiger partial charge is 0.494 e. The second-order valence-corrected chi connectivity index (χ2v) is 5.89. The lowest BCUT2D eigenvalue weighted by atomic mass is 10.1. The monoisotopic (exact) mass is 402 g/mol. The number of amides is 1. The maximum atomic E-state index is 12.0. The van der Waals surface area contributed by atoms with Gasteiger partial charge in [-0.1, -0.05) is 18.2 Å². The van der Waals surface area contributed by atoms with Gasteiger partial charge >= 0.3 is 5.97 Å². The van der Waals surface area contributed by atoms with Crippen LogP contribution in [0.1, 0.15) is 18.9 Å². The van der Waals surface area contributed by atoms with E-state index in [1.807, 2.05) is 31.2 Å². The number of carbonyl (C=O) groups is 2. The van der Waals surface area contributed by atoms with Crippen LogP contribution in [0, 0.1) is 10.1 Å². The number of non-ortho nitro benzene ring substituents is 1. The highest BCUT2D eigenvalue weighted by molar-refractivity contribution is 5.94. The second-order valence-electron chi connectivity index (χ2n) is 5.89. The van der Waals surface area contributed by atoms with E-state index in [0.29, 0.717) is 18.8 Å². The molecule has 0 bridgehead atoms. The first kappa shape index (κ1) is 21.7.